The van der Waals surface area contributed by atoms with Crippen molar-refractivity contribution in [3.8, 4) is 22.9 Å². The Labute approximate surface area is 233 Å². The molecule has 2 aromatic carbocycles. The average Bonchev–Trinajstić information content (AvgIpc) is 2.92. The molecule has 0 aliphatic heterocycles. The van der Waals surface area contributed by atoms with Gasteiger partial charge in [-0.2, -0.15) is 0 Å². The molecule has 11 heteroatoms. The van der Waals surface area contributed by atoms with Gasteiger partial charge in [0.2, 0.25) is 0 Å². The summed E-state index contributed by atoms with van der Waals surface area (Å²) in [6.45, 7) is 3.59. The van der Waals surface area contributed by atoms with Gasteiger partial charge in [0.1, 0.15) is 34.4 Å². The van der Waals surface area contributed by atoms with Crippen LogP contribution in [0.4, 0.5) is 14.5 Å². The number of ether oxygens (including phenoxy) is 2. The van der Waals surface area contributed by atoms with Crippen LogP contribution in [0.2, 0.25) is 5.02 Å². The Bertz CT molecular complexity index is 1620. The minimum absolute atomic E-state index is 0.00385. The maximum absolute atomic E-state index is 15.1. The van der Waals surface area contributed by atoms with E-state index in [4.69, 9.17) is 21.1 Å². The fraction of sp³-hybridized carbons (Fsp3) is 0.172. The number of pyridine rings is 2. The zero-order valence-corrected chi connectivity index (χ0v) is 22.3. The normalized spacial score (nSPS) is 10.7. The molecule has 8 nitrogen and oxygen atoms in total. The molecule has 0 spiro atoms. The first kappa shape index (κ1) is 28.4. The highest BCUT2D eigenvalue weighted by Gasteiger charge is 2.22. The van der Waals surface area contributed by atoms with Crippen molar-refractivity contribution in [3.63, 3.8) is 0 Å². The van der Waals surface area contributed by atoms with Gasteiger partial charge in [-0.25, -0.2) is 8.78 Å². The number of anilines is 1. The lowest BCUT2D eigenvalue weighted by atomic mass is 10.1. The molecule has 0 radical (unpaired) electrons. The second-order valence-electron chi connectivity index (χ2n) is 8.51. The van der Waals surface area contributed by atoms with Gasteiger partial charge in [-0.15, -0.1) is 0 Å². The van der Waals surface area contributed by atoms with Gasteiger partial charge in [-0.1, -0.05) is 18.5 Å². The molecule has 40 heavy (non-hydrogen) atoms. The van der Waals surface area contributed by atoms with Gasteiger partial charge in [-0.05, 0) is 49.4 Å². The number of carbonyl (C=O) groups excluding carboxylic acids is 2. The van der Waals surface area contributed by atoms with E-state index in [0.717, 1.165) is 16.7 Å². The number of hydrogen-bond acceptors (Lipinski definition) is 6. The van der Waals surface area contributed by atoms with Gasteiger partial charge in [0, 0.05) is 43.1 Å². The molecule has 1 amide bonds. The van der Waals surface area contributed by atoms with E-state index in [1.807, 2.05) is 0 Å². The van der Waals surface area contributed by atoms with Crippen molar-refractivity contribution >= 4 is 29.0 Å². The van der Waals surface area contributed by atoms with Crippen LogP contribution >= 0.6 is 11.6 Å². The smallest absolute Gasteiger partial charge is 0.271 e. The number of nitrogens with zero attached hydrogens (tertiary/aromatic N) is 2. The fourth-order valence-corrected chi connectivity index (χ4v) is 3.97. The SMILES string of the molecule is CCOc1ccn(-c2ccc(F)cc2)c(=O)c1C(=O)Nc1cc(Cl)c(Oc2ccnc(CC(=O)CC)c2)cc1F. The van der Waals surface area contributed by atoms with Crippen LogP contribution in [-0.2, 0) is 11.2 Å². The molecule has 1 N–H and O–H groups in total. The summed E-state index contributed by atoms with van der Waals surface area (Å²) in [6, 6.07) is 11.7. The summed E-state index contributed by atoms with van der Waals surface area (Å²) >= 11 is 6.32. The second kappa shape index (κ2) is 12.5. The molecule has 0 aliphatic carbocycles. The first-order valence-corrected chi connectivity index (χ1v) is 12.7. The Morgan fingerprint density at radius 2 is 1.77 bits per heavy atom. The van der Waals surface area contributed by atoms with Crippen molar-refractivity contribution in [3.05, 3.63) is 105 Å². The molecule has 0 fully saturated rings. The van der Waals surface area contributed by atoms with E-state index in [-0.39, 0.29) is 46.6 Å². The number of aromatic nitrogens is 2. The van der Waals surface area contributed by atoms with Crippen LogP contribution in [0.25, 0.3) is 5.69 Å². The third kappa shape index (κ3) is 6.52. The first-order valence-electron chi connectivity index (χ1n) is 12.3. The van der Waals surface area contributed by atoms with Gasteiger partial charge < -0.3 is 14.8 Å². The van der Waals surface area contributed by atoms with Crippen molar-refractivity contribution < 1.29 is 27.8 Å². The Morgan fingerprint density at radius 3 is 2.48 bits per heavy atom. The minimum Gasteiger partial charge on any atom is -0.493 e. The van der Waals surface area contributed by atoms with Crippen LogP contribution in [-0.4, -0.2) is 27.8 Å². The lowest BCUT2D eigenvalue weighted by molar-refractivity contribution is -0.118. The molecule has 2 heterocycles. The quantitative estimate of drug-likeness (QED) is 0.247. The lowest BCUT2D eigenvalue weighted by Crippen LogP contribution is -2.29. The number of hydrogen-bond donors (Lipinski definition) is 1. The summed E-state index contributed by atoms with van der Waals surface area (Å²) in [5.74, 6) is -2.06. The molecule has 206 valence electrons. The number of ketones is 1. The molecule has 0 unspecified atom stereocenters. The molecule has 0 atom stereocenters. The zero-order chi connectivity index (χ0) is 28.8. The van der Waals surface area contributed by atoms with Crippen LogP contribution in [0, 0.1) is 11.6 Å². The van der Waals surface area contributed by atoms with E-state index in [0.29, 0.717) is 23.6 Å². The number of rotatable bonds is 10. The minimum atomic E-state index is -0.937. The summed E-state index contributed by atoms with van der Waals surface area (Å²) in [5.41, 5.74) is -0.626. The van der Waals surface area contributed by atoms with E-state index in [9.17, 15) is 18.8 Å². The predicted molar refractivity (Wildman–Crippen MR) is 146 cm³/mol. The van der Waals surface area contributed by atoms with Crippen molar-refractivity contribution in [1.29, 1.82) is 0 Å². The molecule has 0 aliphatic rings. The number of nitrogens with one attached hydrogen (secondary N) is 1. The monoisotopic (exact) mass is 567 g/mol. The first-order chi connectivity index (χ1) is 19.2. The van der Waals surface area contributed by atoms with Crippen LogP contribution in [0.5, 0.6) is 17.2 Å². The van der Waals surface area contributed by atoms with Gasteiger partial charge in [0.15, 0.2) is 5.82 Å². The second-order valence-corrected chi connectivity index (χ2v) is 8.92. The number of Topliss-reactive ketones (excluding diaryl/α,β-unsaturated/α-hetero) is 1. The van der Waals surface area contributed by atoms with Crippen molar-refractivity contribution in [2.24, 2.45) is 0 Å². The number of benzene rings is 2. The van der Waals surface area contributed by atoms with E-state index in [1.54, 1.807) is 19.9 Å². The van der Waals surface area contributed by atoms with Crippen LogP contribution < -0.4 is 20.3 Å². The summed E-state index contributed by atoms with van der Waals surface area (Å²) < 4.78 is 40.8. The van der Waals surface area contributed by atoms with E-state index in [2.05, 4.69) is 10.3 Å². The van der Waals surface area contributed by atoms with Gasteiger partial charge in [-0.3, -0.25) is 23.9 Å². The van der Waals surface area contributed by atoms with Crippen LogP contribution in [0.3, 0.4) is 0 Å². The highest BCUT2D eigenvalue weighted by molar-refractivity contribution is 6.32. The molecule has 2 aromatic heterocycles. The number of amides is 1. The molecular formula is C29H24ClF2N3O5. The molecule has 4 aromatic rings. The fourth-order valence-electron chi connectivity index (χ4n) is 3.77. The molecular weight excluding hydrogens is 544 g/mol. The van der Waals surface area contributed by atoms with Crippen molar-refractivity contribution in [2.75, 3.05) is 11.9 Å². The number of carbonyl (C=O) groups is 2. The zero-order valence-electron chi connectivity index (χ0n) is 21.5. The Hall–Kier alpha value is -4.57. The topological polar surface area (TPSA) is 99.5 Å². The predicted octanol–water partition coefficient (Wildman–Crippen LogP) is 6.13. The van der Waals surface area contributed by atoms with Crippen molar-refractivity contribution in [2.45, 2.75) is 26.7 Å². The van der Waals surface area contributed by atoms with E-state index < -0.39 is 23.1 Å². The third-order valence-electron chi connectivity index (χ3n) is 5.74. The molecule has 0 saturated carbocycles. The standard InChI is InChI=1S/C29H24ClF2N3O5/c1-3-20(36)13-18-14-21(9-11-33-18)40-26-16-23(32)24(15-22(26)30)34-28(37)27-25(39-4-2)10-12-35(29(27)38)19-7-5-17(31)6-8-19/h5-12,14-16H,3-4,13H2,1-2H3,(H,34,37). The Morgan fingerprint density at radius 1 is 1.02 bits per heavy atom. The maximum Gasteiger partial charge on any atom is 0.271 e. The van der Waals surface area contributed by atoms with Crippen LogP contribution in [0.15, 0.2) is 71.8 Å². The van der Waals surface area contributed by atoms with Gasteiger partial charge in [0.05, 0.1) is 23.0 Å². The van der Waals surface area contributed by atoms with Gasteiger partial charge in [0.25, 0.3) is 11.5 Å². The average molecular weight is 568 g/mol. The maximum atomic E-state index is 15.1. The lowest BCUT2D eigenvalue weighted by Gasteiger charge is -2.15. The summed E-state index contributed by atoms with van der Waals surface area (Å²) in [7, 11) is 0. The van der Waals surface area contributed by atoms with Gasteiger partial charge >= 0.3 is 0 Å². The highest BCUT2D eigenvalue weighted by atomic mass is 35.5. The molecule has 0 bridgehead atoms. The molecule has 0 saturated heterocycles. The van der Waals surface area contributed by atoms with Crippen molar-refractivity contribution in [1.82, 2.24) is 9.55 Å². The van der Waals surface area contributed by atoms with E-state index in [1.165, 1.54) is 48.8 Å². The summed E-state index contributed by atoms with van der Waals surface area (Å²) in [5, 5.41) is 2.34. The number of halogens is 3. The van der Waals surface area contributed by atoms with Crippen LogP contribution in [0.1, 0.15) is 36.3 Å². The summed E-state index contributed by atoms with van der Waals surface area (Å²) in [4.78, 5) is 42.3. The summed E-state index contributed by atoms with van der Waals surface area (Å²) in [6.07, 6.45) is 3.35. The largest absolute Gasteiger partial charge is 0.493 e. The highest BCUT2D eigenvalue weighted by Crippen LogP contribution is 2.34. The molecule has 4 rings (SSSR count). The van der Waals surface area contributed by atoms with E-state index >= 15 is 4.39 Å². The Kier molecular flexibility index (Phi) is 8.90. The third-order valence-corrected chi connectivity index (χ3v) is 6.04. The Balaban J connectivity index is 1.61.